The van der Waals surface area contributed by atoms with Gasteiger partial charge in [0.1, 0.15) is 28.8 Å². The van der Waals surface area contributed by atoms with E-state index in [4.69, 9.17) is 21.1 Å². The molecular weight excluding hydrogens is 420 g/mol. The number of nitrogens with one attached hydrogen (secondary N) is 1. The van der Waals surface area contributed by atoms with Gasteiger partial charge in [0, 0.05) is 18.8 Å². The molecule has 0 aliphatic rings. The van der Waals surface area contributed by atoms with E-state index in [0.717, 1.165) is 0 Å². The topological polar surface area (TPSA) is 121 Å². The summed E-state index contributed by atoms with van der Waals surface area (Å²) < 4.78 is 40.0. The number of hydrogen-bond donors (Lipinski definition) is 1. The van der Waals surface area contributed by atoms with Crippen LogP contribution in [-0.2, 0) is 16.4 Å². The Morgan fingerprint density at radius 3 is 2.31 bits per heavy atom. The highest BCUT2D eigenvalue weighted by Crippen LogP contribution is 2.35. The summed E-state index contributed by atoms with van der Waals surface area (Å²) in [5.41, 5.74) is 0.485. The van der Waals surface area contributed by atoms with Gasteiger partial charge in [-0.05, 0) is 19.1 Å². The lowest BCUT2D eigenvalue weighted by Crippen LogP contribution is -2.21. The molecule has 154 valence electrons. The van der Waals surface area contributed by atoms with Crippen LogP contribution in [0, 0.1) is 6.92 Å². The number of nitrogens with zero attached hydrogens (tertiary/aromatic N) is 5. The van der Waals surface area contributed by atoms with Gasteiger partial charge < -0.3 is 9.47 Å². The lowest BCUT2D eigenvalue weighted by Gasteiger charge is -2.16. The number of benzene rings is 1. The second-order valence-electron chi connectivity index (χ2n) is 5.91. The van der Waals surface area contributed by atoms with E-state index in [-0.39, 0.29) is 18.1 Å². The first-order valence-corrected chi connectivity index (χ1v) is 10.5. The highest BCUT2D eigenvalue weighted by Gasteiger charge is 2.22. The summed E-state index contributed by atoms with van der Waals surface area (Å²) in [7, 11) is -0.751. The van der Waals surface area contributed by atoms with Crippen LogP contribution < -0.4 is 14.2 Å². The Kier molecular flexibility index (Phi) is 6.18. The lowest BCUT2D eigenvalue weighted by atomic mass is 10.2. The Hall–Kier alpha value is -2.92. The van der Waals surface area contributed by atoms with Gasteiger partial charge in [-0.25, -0.2) is 18.4 Å². The molecule has 0 saturated heterocycles. The molecule has 3 aromatic rings. The Bertz CT molecular complexity index is 1080. The van der Waals surface area contributed by atoms with E-state index in [9.17, 15) is 8.42 Å². The van der Waals surface area contributed by atoms with Crippen molar-refractivity contribution < 1.29 is 17.9 Å². The van der Waals surface area contributed by atoms with Gasteiger partial charge in [0.15, 0.2) is 0 Å². The van der Waals surface area contributed by atoms with Gasteiger partial charge in [0.2, 0.25) is 16.0 Å². The van der Waals surface area contributed by atoms with E-state index >= 15 is 0 Å². The normalized spacial score (nSPS) is 11.3. The molecule has 3 rings (SSSR count). The molecular formula is C17H19ClN6O4S. The number of rotatable bonds is 8. The number of aryl methyl sites for hydroxylation is 2. The molecule has 12 heteroatoms. The van der Waals surface area contributed by atoms with Gasteiger partial charge in [-0.3, -0.25) is 9.29 Å². The predicted molar refractivity (Wildman–Crippen MR) is 107 cm³/mol. The fraction of sp³-hybridized carbons (Fsp3) is 0.294. The Balaban J connectivity index is 1.89. The van der Waals surface area contributed by atoms with Crippen molar-refractivity contribution in [3.05, 3.63) is 47.3 Å². The van der Waals surface area contributed by atoms with E-state index in [0.29, 0.717) is 33.9 Å². The van der Waals surface area contributed by atoms with E-state index in [1.807, 2.05) is 0 Å². The third-order valence-electron chi connectivity index (χ3n) is 3.97. The van der Waals surface area contributed by atoms with Crippen LogP contribution >= 0.6 is 11.6 Å². The number of methoxy groups -OCH3 is 2. The van der Waals surface area contributed by atoms with Crippen LogP contribution in [0.15, 0.2) is 30.6 Å². The number of hydrogen-bond acceptors (Lipinski definition) is 8. The zero-order valence-electron chi connectivity index (χ0n) is 16.0. The number of halogens is 1. The predicted octanol–water partition coefficient (Wildman–Crippen LogP) is 2.02. The first kappa shape index (κ1) is 20.8. The Morgan fingerprint density at radius 1 is 1.10 bits per heavy atom. The Labute approximate surface area is 172 Å². The van der Waals surface area contributed by atoms with Crippen LogP contribution in [0.1, 0.15) is 11.6 Å². The van der Waals surface area contributed by atoms with Crippen LogP contribution in [0.25, 0.3) is 5.69 Å². The second kappa shape index (κ2) is 8.62. The van der Waals surface area contributed by atoms with Gasteiger partial charge in [-0.1, -0.05) is 17.7 Å². The molecule has 2 heterocycles. The van der Waals surface area contributed by atoms with Gasteiger partial charge in [0.25, 0.3) is 0 Å². The minimum atomic E-state index is -3.77. The van der Waals surface area contributed by atoms with Crippen LogP contribution in [0.5, 0.6) is 11.5 Å². The van der Waals surface area contributed by atoms with Crippen molar-refractivity contribution in [3.8, 4) is 17.2 Å². The minimum Gasteiger partial charge on any atom is -0.494 e. The molecule has 0 radical (unpaired) electrons. The molecule has 29 heavy (non-hydrogen) atoms. The van der Waals surface area contributed by atoms with Crippen molar-refractivity contribution in [1.29, 1.82) is 0 Å². The average molecular weight is 439 g/mol. The number of anilines is 1. The molecule has 0 bridgehead atoms. The van der Waals surface area contributed by atoms with Crippen molar-refractivity contribution in [3.63, 3.8) is 0 Å². The molecule has 0 spiro atoms. The standard InChI is InChI=1S/C17H19ClN6O4S/c1-11-21-22-17(24(11)16-13(27-2)5-4-6-14(16)28-3)23-29(25,26)8-7-15-19-9-12(18)10-20-15/h4-6,9-10H,7-8H2,1-3H3,(H,22,23). The molecule has 0 atom stereocenters. The highest BCUT2D eigenvalue weighted by atomic mass is 35.5. The quantitative estimate of drug-likeness (QED) is 0.567. The average Bonchev–Trinajstić information content (AvgIpc) is 3.05. The number of para-hydroxylation sites is 1. The van der Waals surface area contributed by atoms with E-state index in [1.165, 1.54) is 31.2 Å². The number of sulfonamides is 1. The summed E-state index contributed by atoms with van der Waals surface area (Å²) in [6, 6.07) is 5.22. The van der Waals surface area contributed by atoms with E-state index < -0.39 is 10.0 Å². The van der Waals surface area contributed by atoms with Crippen molar-refractivity contribution in [2.45, 2.75) is 13.3 Å². The van der Waals surface area contributed by atoms with Gasteiger partial charge in [-0.15, -0.1) is 10.2 Å². The third kappa shape index (κ3) is 4.74. The summed E-state index contributed by atoms with van der Waals surface area (Å²) in [5, 5.41) is 8.33. The SMILES string of the molecule is COc1cccc(OC)c1-n1c(C)nnc1NS(=O)(=O)CCc1ncc(Cl)cn1. The molecule has 0 aliphatic heterocycles. The van der Waals surface area contributed by atoms with Gasteiger partial charge >= 0.3 is 0 Å². The van der Waals surface area contributed by atoms with Gasteiger partial charge in [-0.2, -0.15) is 0 Å². The van der Waals surface area contributed by atoms with E-state index in [2.05, 4.69) is 24.9 Å². The maximum atomic E-state index is 12.6. The molecule has 0 fully saturated rings. The molecule has 1 N–H and O–H groups in total. The monoisotopic (exact) mass is 438 g/mol. The molecule has 0 saturated carbocycles. The number of ether oxygens (including phenoxy) is 2. The van der Waals surface area contributed by atoms with Crippen molar-refractivity contribution >= 4 is 27.6 Å². The zero-order valence-corrected chi connectivity index (χ0v) is 17.5. The maximum absolute atomic E-state index is 12.6. The molecule has 0 aliphatic carbocycles. The highest BCUT2D eigenvalue weighted by molar-refractivity contribution is 7.92. The fourth-order valence-electron chi connectivity index (χ4n) is 2.63. The molecule has 2 aromatic heterocycles. The molecule has 10 nitrogen and oxygen atoms in total. The van der Waals surface area contributed by atoms with Crippen LogP contribution in [0.4, 0.5) is 5.95 Å². The fourth-order valence-corrected chi connectivity index (χ4v) is 3.69. The summed E-state index contributed by atoms with van der Waals surface area (Å²) in [6.45, 7) is 1.69. The molecule has 0 unspecified atom stereocenters. The van der Waals surface area contributed by atoms with E-state index in [1.54, 1.807) is 25.1 Å². The maximum Gasteiger partial charge on any atom is 0.243 e. The van der Waals surface area contributed by atoms with Crippen molar-refractivity contribution in [2.75, 3.05) is 24.7 Å². The summed E-state index contributed by atoms with van der Waals surface area (Å²) in [4.78, 5) is 8.00. The Morgan fingerprint density at radius 2 is 1.72 bits per heavy atom. The smallest absolute Gasteiger partial charge is 0.243 e. The van der Waals surface area contributed by atoms with Crippen molar-refractivity contribution in [1.82, 2.24) is 24.7 Å². The minimum absolute atomic E-state index is 0.0160. The molecule has 1 aromatic carbocycles. The largest absolute Gasteiger partial charge is 0.494 e. The van der Waals surface area contributed by atoms with Crippen LogP contribution in [0.3, 0.4) is 0 Å². The third-order valence-corrected chi connectivity index (χ3v) is 5.40. The van der Waals surface area contributed by atoms with Gasteiger partial charge in [0.05, 0.1) is 25.0 Å². The second-order valence-corrected chi connectivity index (χ2v) is 8.18. The van der Waals surface area contributed by atoms with Crippen LogP contribution in [0.2, 0.25) is 5.02 Å². The summed E-state index contributed by atoms with van der Waals surface area (Å²) >= 11 is 5.74. The van der Waals surface area contributed by atoms with Crippen LogP contribution in [-0.4, -0.2) is 53.1 Å². The summed E-state index contributed by atoms with van der Waals surface area (Å²) in [5.74, 6) is 1.53. The first-order chi connectivity index (χ1) is 13.8. The lowest BCUT2D eigenvalue weighted by molar-refractivity contribution is 0.391. The zero-order chi connectivity index (χ0) is 21.0. The first-order valence-electron chi connectivity index (χ1n) is 8.45. The van der Waals surface area contributed by atoms with Crippen molar-refractivity contribution in [2.24, 2.45) is 0 Å². The summed E-state index contributed by atoms with van der Waals surface area (Å²) in [6.07, 6.45) is 2.94. The number of aromatic nitrogens is 5. The molecule has 0 amide bonds.